The van der Waals surface area contributed by atoms with Crippen molar-refractivity contribution in [1.29, 1.82) is 0 Å². The van der Waals surface area contributed by atoms with Crippen molar-refractivity contribution < 1.29 is 23.5 Å². The van der Waals surface area contributed by atoms with Crippen LogP contribution in [0.1, 0.15) is 5.69 Å². The van der Waals surface area contributed by atoms with Crippen molar-refractivity contribution in [3.8, 4) is 5.75 Å². The number of aromatic nitrogens is 2. The summed E-state index contributed by atoms with van der Waals surface area (Å²) in [5.74, 6) is -0.730. The number of benzene rings is 3. The van der Waals surface area contributed by atoms with Gasteiger partial charge in [-0.2, -0.15) is 5.10 Å². The fourth-order valence-corrected chi connectivity index (χ4v) is 4.04. The van der Waals surface area contributed by atoms with Gasteiger partial charge in [0.15, 0.2) is 6.61 Å². The molecule has 5 aromatic rings. The zero-order valence-corrected chi connectivity index (χ0v) is 19.0. The summed E-state index contributed by atoms with van der Waals surface area (Å²) in [6, 6.07) is 18.0. The first-order chi connectivity index (χ1) is 16.9. The highest BCUT2D eigenvalue weighted by Gasteiger charge is 2.17. The summed E-state index contributed by atoms with van der Waals surface area (Å²) < 4.78 is 17.7. The molecule has 35 heavy (non-hydrogen) atoms. The number of hydrogen-bond acceptors (Lipinski definition) is 7. The molecule has 3 aromatic carbocycles. The topological polar surface area (TPSA) is 113 Å². The predicted molar refractivity (Wildman–Crippen MR) is 131 cm³/mol. The number of rotatable bonds is 6. The van der Waals surface area contributed by atoms with Gasteiger partial charge in [-0.15, -0.1) is 0 Å². The van der Waals surface area contributed by atoms with Crippen LogP contribution in [0.25, 0.3) is 32.7 Å². The molecular weight excluding hydrogens is 450 g/mol. The number of hydrogen-bond donors (Lipinski definition) is 1. The molecule has 0 fully saturated rings. The summed E-state index contributed by atoms with van der Waals surface area (Å²) in [5.41, 5.74) is 1.84. The number of carbonyl (C=O) groups excluding carboxylic acids is 2. The van der Waals surface area contributed by atoms with Gasteiger partial charge in [0, 0.05) is 29.3 Å². The highest BCUT2D eigenvalue weighted by Crippen LogP contribution is 2.36. The zero-order valence-electron chi connectivity index (χ0n) is 19.0. The summed E-state index contributed by atoms with van der Waals surface area (Å²) in [6.45, 7) is -0.496. The van der Waals surface area contributed by atoms with E-state index in [4.69, 9.17) is 13.9 Å². The average Bonchev–Trinajstić information content (AvgIpc) is 3.22. The van der Waals surface area contributed by atoms with Crippen LogP contribution < -0.4 is 15.6 Å². The highest BCUT2D eigenvalue weighted by molar-refractivity contribution is 6.08. The van der Waals surface area contributed by atoms with Gasteiger partial charge in [0.2, 0.25) is 0 Å². The third-order valence-corrected chi connectivity index (χ3v) is 5.68. The van der Waals surface area contributed by atoms with Crippen LogP contribution in [0, 0.1) is 0 Å². The van der Waals surface area contributed by atoms with Crippen LogP contribution >= 0.6 is 0 Å². The van der Waals surface area contributed by atoms with Crippen molar-refractivity contribution in [2.24, 2.45) is 7.05 Å². The lowest BCUT2D eigenvalue weighted by Crippen LogP contribution is -2.24. The van der Waals surface area contributed by atoms with Gasteiger partial charge < -0.3 is 19.2 Å². The van der Waals surface area contributed by atoms with Gasteiger partial charge in [0.25, 0.3) is 11.5 Å². The van der Waals surface area contributed by atoms with Crippen molar-refractivity contribution in [2.75, 3.05) is 19.0 Å². The van der Waals surface area contributed by atoms with Crippen LogP contribution in [0.5, 0.6) is 5.75 Å². The van der Waals surface area contributed by atoms with E-state index in [1.165, 1.54) is 18.8 Å². The number of fused-ring (bicyclic) bond motifs is 4. The molecule has 9 nitrogen and oxygen atoms in total. The molecular formula is C26H21N3O6. The summed E-state index contributed by atoms with van der Waals surface area (Å²) in [4.78, 5) is 37.2. The van der Waals surface area contributed by atoms with Crippen LogP contribution in [-0.2, 0) is 27.8 Å². The van der Waals surface area contributed by atoms with E-state index in [9.17, 15) is 14.4 Å². The number of nitrogens with zero attached hydrogens (tertiary/aromatic N) is 2. The van der Waals surface area contributed by atoms with E-state index in [0.29, 0.717) is 33.5 Å². The second kappa shape index (κ2) is 8.94. The smallest absolute Gasteiger partial charge is 0.312 e. The van der Waals surface area contributed by atoms with Gasteiger partial charge in [0.05, 0.1) is 30.3 Å². The number of carbonyl (C=O) groups is 2. The second-order valence-electron chi connectivity index (χ2n) is 7.95. The third-order valence-electron chi connectivity index (χ3n) is 5.68. The summed E-state index contributed by atoms with van der Waals surface area (Å²) >= 11 is 0. The third kappa shape index (κ3) is 4.19. The molecule has 0 saturated carbocycles. The summed E-state index contributed by atoms with van der Waals surface area (Å²) in [6.07, 6.45) is -0.184. The molecule has 0 atom stereocenters. The normalized spacial score (nSPS) is 11.1. The van der Waals surface area contributed by atoms with E-state index in [0.717, 1.165) is 16.4 Å². The summed E-state index contributed by atoms with van der Waals surface area (Å²) in [7, 11) is 3.02. The number of furan rings is 1. The number of para-hydroxylation sites is 1. The number of aryl methyl sites for hydroxylation is 1. The van der Waals surface area contributed by atoms with Gasteiger partial charge in [-0.3, -0.25) is 14.4 Å². The SMILES string of the molecule is COc1cc2c(cc1NC(=O)COC(=O)Cc1nn(C)c(=O)c3ccccc13)oc1ccccc12. The molecule has 1 amide bonds. The van der Waals surface area contributed by atoms with E-state index in [2.05, 4.69) is 10.4 Å². The van der Waals surface area contributed by atoms with Crippen LogP contribution in [0.4, 0.5) is 5.69 Å². The lowest BCUT2D eigenvalue weighted by Gasteiger charge is -2.11. The molecule has 0 unspecified atom stereocenters. The van der Waals surface area contributed by atoms with Crippen molar-refractivity contribution in [1.82, 2.24) is 9.78 Å². The summed E-state index contributed by atoms with van der Waals surface area (Å²) in [5, 5.41) is 9.71. The Labute approximate surface area is 198 Å². The van der Waals surface area contributed by atoms with Crippen LogP contribution in [0.3, 0.4) is 0 Å². The van der Waals surface area contributed by atoms with Gasteiger partial charge in [0.1, 0.15) is 16.9 Å². The number of anilines is 1. The fourth-order valence-electron chi connectivity index (χ4n) is 4.04. The monoisotopic (exact) mass is 471 g/mol. The van der Waals surface area contributed by atoms with Crippen molar-refractivity contribution in [3.63, 3.8) is 0 Å². The van der Waals surface area contributed by atoms with Crippen molar-refractivity contribution in [2.45, 2.75) is 6.42 Å². The van der Waals surface area contributed by atoms with E-state index < -0.39 is 18.5 Å². The quantitative estimate of drug-likeness (QED) is 0.377. The van der Waals surface area contributed by atoms with E-state index in [1.807, 2.05) is 24.3 Å². The molecule has 1 N–H and O–H groups in total. The molecule has 0 radical (unpaired) electrons. The minimum atomic E-state index is -0.642. The van der Waals surface area contributed by atoms with Crippen LogP contribution in [0.2, 0.25) is 0 Å². The molecule has 5 rings (SSSR count). The number of amides is 1. The van der Waals surface area contributed by atoms with E-state index in [1.54, 1.807) is 36.4 Å². The first-order valence-electron chi connectivity index (χ1n) is 10.8. The molecule has 0 saturated heterocycles. The van der Waals surface area contributed by atoms with Gasteiger partial charge in [-0.1, -0.05) is 36.4 Å². The molecule has 176 valence electrons. The number of methoxy groups -OCH3 is 1. The zero-order chi connectivity index (χ0) is 24.5. The fraction of sp³-hybridized carbons (Fsp3) is 0.154. The maximum absolute atomic E-state index is 12.5. The minimum Gasteiger partial charge on any atom is -0.495 e. The Morgan fingerprint density at radius 3 is 2.46 bits per heavy atom. The Kier molecular flexibility index (Phi) is 5.66. The van der Waals surface area contributed by atoms with Crippen molar-refractivity contribution >= 4 is 50.3 Å². The average molecular weight is 471 g/mol. The standard InChI is InChI=1S/C26H21N3O6/c1-29-26(32)17-9-4-3-7-15(17)19(28-29)13-25(31)34-14-24(30)27-20-12-22-18(11-23(20)33-2)16-8-5-6-10-21(16)35-22/h3-12H,13-14H2,1-2H3,(H,27,30). The first kappa shape index (κ1) is 22.1. The Morgan fingerprint density at radius 1 is 0.971 bits per heavy atom. The molecule has 0 bridgehead atoms. The second-order valence-corrected chi connectivity index (χ2v) is 7.95. The highest BCUT2D eigenvalue weighted by atomic mass is 16.5. The van der Waals surface area contributed by atoms with Crippen LogP contribution in [0.15, 0.2) is 69.9 Å². The Bertz CT molecular complexity index is 1670. The molecule has 9 heteroatoms. The Morgan fingerprint density at radius 2 is 1.69 bits per heavy atom. The molecule has 0 aliphatic heterocycles. The lowest BCUT2D eigenvalue weighted by molar-refractivity contribution is -0.146. The minimum absolute atomic E-state index is 0.184. The lowest BCUT2D eigenvalue weighted by atomic mass is 10.1. The maximum atomic E-state index is 12.5. The maximum Gasteiger partial charge on any atom is 0.312 e. The number of esters is 1. The van der Waals surface area contributed by atoms with Gasteiger partial charge in [-0.05, 0) is 18.2 Å². The Hall–Kier alpha value is -4.66. The van der Waals surface area contributed by atoms with Gasteiger partial charge in [-0.25, -0.2) is 4.68 Å². The van der Waals surface area contributed by atoms with Crippen LogP contribution in [-0.4, -0.2) is 35.4 Å². The molecule has 2 aromatic heterocycles. The van der Waals surface area contributed by atoms with Gasteiger partial charge >= 0.3 is 5.97 Å². The predicted octanol–water partition coefficient (Wildman–Crippen LogP) is 3.57. The van der Waals surface area contributed by atoms with E-state index >= 15 is 0 Å². The number of ether oxygens (including phenoxy) is 2. The molecule has 0 aliphatic rings. The van der Waals surface area contributed by atoms with E-state index in [-0.39, 0.29) is 12.0 Å². The molecule has 0 spiro atoms. The van der Waals surface area contributed by atoms with Crippen molar-refractivity contribution in [3.05, 3.63) is 76.7 Å². The first-order valence-corrected chi connectivity index (χ1v) is 10.8. The number of nitrogens with one attached hydrogen (secondary N) is 1. The largest absolute Gasteiger partial charge is 0.495 e. The Balaban J connectivity index is 1.29. The molecule has 2 heterocycles. The molecule has 0 aliphatic carbocycles.